The van der Waals surface area contributed by atoms with Gasteiger partial charge in [0.25, 0.3) is 11.8 Å². The van der Waals surface area contributed by atoms with Gasteiger partial charge in [-0.3, -0.25) is 9.59 Å². The van der Waals surface area contributed by atoms with Gasteiger partial charge in [-0.2, -0.15) is 0 Å². The molecule has 0 saturated heterocycles. The van der Waals surface area contributed by atoms with E-state index in [9.17, 15) is 9.59 Å². The van der Waals surface area contributed by atoms with E-state index in [-0.39, 0.29) is 17.6 Å². The second-order valence-corrected chi connectivity index (χ2v) is 6.25. The van der Waals surface area contributed by atoms with Crippen molar-refractivity contribution in [1.82, 2.24) is 20.9 Å². The van der Waals surface area contributed by atoms with E-state index in [0.29, 0.717) is 31.2 Å². The van der Waals surface area contributed by atoms with E-state index in [1.807, 2.05) is 19.1 Å². The summed E-state index contributed by atoms with van der Waals surface area (Å²) in [6.07, 6.45) is 1.46. The average molecular weight is 385 g/mol. The van der Waals surface area contributed by atoms with Crippen molar-refractivity contribution in [1.29, 1.82) is 0 Å². The summed E-state index contributed by atoms with van der Waals surface area (Å²) < 4.78 is 5.04. The molecule has 2 rings (SSSR count). The van der Waals surface area contributed by atoms with Gasteiger partial charge in [-0.25, -0.2) is 4.99 Å². The Morgan fingerprint density at radius 2 is 1.75 bits per heavy atom. The number of nitrogens with zero attached hydrogens (tertiary/aromatic N) is 2. The number of furan rings is 1. The maximum absolute atomic E-state index is 11.9. The molecule has 0 aliphatic rings. The predicted molar refractivity (Wildman–Crippen MR) is 108 cm³/mol. The predicted octanol–water partition coefficient (Wildman–Crippen LogP) is 1.47. The molecule has 150 valence electrons. The fourth-order valence-corrected chi connectivity index (χ4v) is 2.37. The zero-order valence-electron chi connectivity index (χ0n) is 16.5. The van der Waals surface area contributed by atoms with Crippen LogP contribution in [-0.4, -0.2) is 56.4 Å². The quantitative estimate of drug-likeness (QED) is 0.363. The van der Waals surface area contributed by atoms with Crippen molar-refractivity contribution in [3.05, 3.63) is 59.5 Å². The Morgan fingerprint density at radius 3 is 2.36 bits per heavy atom. The third kappa shape index (κ3) is 6.46. The standard InChI is InChI=1S/C20H27N5O3/c1-4-21-20(23-12-11-22-18(26)17-6-5-13-28-17)24-14-15-7-9-16(10-8-15)19(27)25(2)3/h5-10,13H,4,11-12,14H2,1-3H3,(H,22,26)(H2,21,23,24). The van der Waals surface area contributed by atoms with Crippen LogP contribution in [0.5, 0.6) is 0 Å². The molecule has 0 saturated carbocycles. The Kier molecular flexibility index (Phi) is 8.08. The van der Waals surface area contributed by atoms with E-state index in [0.717, 1.165) is 12.1 Å². The minimum absolute atomic E-state index is 0.0262. The second kappa shape index (κ2) is 10.8. The lowest BCUT2D eigenvalue weighted by Gasteiger charge is -2.12. The van der Waals surface area contributed by atoms with Gasteiger partial charge in [0.1, 0.15) is 0 Å². The zero-order valence-corrected chi connectivity index (χ0v) is 16.5. The Labute approximate surface area is 165 Å². The Balaban J connectivity index is 1.82. The van der Waals surface area contributed by atoms with Crippen LogP contribution in [0, 0.1) is 0 Å². The van der Waals surface area contributed by atoms with Crippen LogP contribution in [0.25, 0.3) is 0 Å². The fraction of sp³-hybridized carbons (Fsp3) is 0.350. The molecule has 8 heteroatoms. The van der Waals surface area contributed by atoms with Gasteiger partial charge in [0.05, 0.1) is 12.8 Å². The monoisotopic (exact) mass is 385 g/mol. The first-order chi connectivity index (χ1) is 13.5. The molecule has 1 aromatic heterocycles. The van der Waals surface area contributed by atoms with E-state index < -0.39 is 0 Å². The molecule has 8 nitrogen and oxygen atoms in total. The highest BCUT2D eigenvalue weighted by Gasteiger charge is 2.08. The summed E-state index contributed by atoms with van der Waals surface area (Å²) in [4.78, 5) is 29.8. The summed E-state index contributed by atoms with van der Waals surface area (Å²) in [5.41, 5.74) is 1.65. The van der Waals surface area contributed by atoms with Crippen LogP contribution in [0.2, 0.25) is 0 Å². The molecular formula is C20H27N5O3. The van der Waals surface area contributed by atoms with Crippen molar-refractivity contribution in [2.24, 2.45) is 4.99 Å². The molecule has 0 unspecified atom stereocenters. The number of rotatable bonds is 8. The van der Waals surface area contributed by atoms with Crippen molar-refractivity contribution in [2.75, 3.05) is 33.7 Å². The van der Waals surface area contributed by atoms with Gasteiger partial charge >= 0.3 is 0 Å². The number of benzene rings is 1. The normalized spacial score (nSPS) is 11.0. The van der Waals surface area contributed by atoms with Gasteiger partial charge in [0, 0.05) is 39.3 Å². The number of carbonyl (C=O) groups is 2. The van der Waals surface area contributed by atoms with Gasteiger partial charge in [-0.1, -0.05) is 12.1 Å². The van der Waals surface area contributed by atoms with Crippen molar-refractivity contribution >= 4 is 17.8 Å². The minimum atomic E-state index is -0.249. The maximum Gasteiger partial charge on any atom is 0.287 e. The maximum atomic E-state index is 11.9. The van der Waals surface area contributed by atoms with Crippen LogP contribution < -0.4 is 16.0 Å². The molecule has 0 radical (unpaired) electrons. The van der Waals surface area contributed by atoms with Gasteiger partial charge in [-0.05, 0) is 36.8 Å². The van der Waals surface area contributed by atoms with Gasteiger partial charge in [-0.15, -0.1) is 0 Å². The molecule has 0 atom stereocenters. The Bertz CT molecular complexity index is 783. The highest BCUT2D eigenvalue weighted by Crippen LogP contribution is 2.07. The number of hydrogen-bond donors (Lipinski definition) is 3. The molecule has 28 heavy (non-hydrogen) atoms. The lowest BCUT2D eigenvalue weighted by Crippen LogP contribution is -2.41. The first kappa shape index (κ1) is 21.0. The Morgan fingerprint density at radius 1 is 1.04 bits per heavy atom. The number of nitrogens with one attached hydrogen (secondary N) is 3. The van der Waals surface area contributed by atoms with Crippen LogP contribution in [0.4, 0.5) is 0 Å². The molecule has 0 fully saturated rings. The minimum Gasteiger partial charge on any atom is -0.459 e. The summed E-state index contributed by atoms with van der Waals surface area (Å²) in [5.74, 6) is 0.669. The summed E-state index contributed by atoms with van der Waals surface area (Å²) in [5, 5.41) is 9.10. The van der Waals surface area contributed by atoms with Crippen LogP contribution in [0.3, 0.4) is 0 Å². The molecule has 0 aliphatic heterocycles. The Hall–Kier alpha value is -3.29. The largest absolute Gasteiger partial charge is 0.459 e. The molecule has 3 N–H and O–H groups in total. The second-order valence-electron chi connectivity index (χ2n) is 6.25. The first-order valence-corrected chi connectivity index (χ1v) is 9.15. The lowest BCUT2D eigenvalue weighted by atomic mass is 10.1. The van der Waals surface area contributed by atoms with E-state index in [1.54, 1.807) is 43.3 Å². The highest BCUT2D eigenvalue weighted by molar-refractivity contribution is 5.93. The van der Waals surface area contributed by atoms with Crippen molar-refractivity contribution in [3.63, 3.8) is 0 Å². The first-order valence-electron chi connectivity index (χ1n) is 9.15. The van der Waals surface area contributed by atoms with E-state index in [4.69, 9.17) is 4.42 Å². The SMILES string of the molecule is CCNC(=NCc1ccc(C(=O)N(C)C)cc1)NCCNC(=O)c1ccco1. The van der Waals surface area contributed by atoms with Crippen LogP contribution >= 0.6 is 0 Å². The lowest BCUT2D eigenvalue weighted by molar-refractivity contribution is 0.0827. The van der Waals surface area contributed by atoms with E-state index in [2.05, 4.69) is 20.9 Å². The van der Waals surface area contributed by atoms with E-state index in [1.165, 1.54) is 6.26 Å². The molecule has 2 amide bonds. The molecule has 0 aliphatic carbocycles. The van der Waals surface area contributed by atoms with Crippen molar-refractivity contribution in [3.8, 4) is 0 Å². The number of aliphatic imine (C=N–C) groups is 1. The molecule has 1 aromatic carbocycles. The summed E-state index contributed by atoms with van der Waals surface area (Å²) in [6.45, 7) is 4.14. The fourth-order valence-electron chi connectivity index (χ4n) is 2.37. The topological polar surface area (TPSA) is 99.0 Å². The average Bonchev–Trinajstić information content (AvgIpc) is 3.24. The number of hydrogen-bond acceptors (Lipinski definition) is 4. The number of carbonyl (C=O) groups excluding carboxylic acids is 2. The summed E-state index contributed by atoms with van der Waals surface area (Å²) in [6, 6.07) is 10.7. The van der Waals surface area contributed by atoms with Crippen LogP contribution in [0.1, 0.15) is 33.4 Å². The third-order valence-electron chi connectivity index (χ3n) is 3.82. The number of amides is 2. The molecule has 2 aromatic rings. The molecule has 1 heterocycles. The van der Waals surface area contributed by atoms with Gasteiger partial charge < -0.3 is 25.3 Å². The van der Waals surface area contributed by atoms with Crippen molar-refractivity contribution in [2.45, 2.75) is 13.5 Å². The van der Waals surface area contributed by atoms with Crippen LogP contribution in [-0.2, 0) is 6.54 Å². The molecule has 0 spiro atoms. The smallest absolute Gasteiger partial charge is 0.287 e. The third-order valence-corrected chi connectivity index (χ3v) is 3.82. The van der Waals surface area contributed by atoms with Crippen LogP contribution in [0.15, 0.2) is 52.1 Å². The number of guanidine groups is 1. The van der Waals surface area contributed by atoms with E-state index >= 15 is 0 Å². The summed E-state index contributed by atoms with van der Waals surface area (Å²) >= 11 is 0. The zero-order chi connectivity index (χ0) is 20.4. The van der Waals surface area contributed by atoms with Gasteiger partial charge in [0.2, 0.25) is 0 Å². The molecular weight excluding hydrogens is 358 g/mol. The highest BCUT2D eigenvalue weighted by atomic mass is 16.3. The molecule has 0 bridgehead atoms. The van der Waals surface area contributed by atoms with Gasteiger partial charge in [0.15, 0.2) is 11.7 Å². The summed E-state index contributed by atoms with van der Waals surface area (Å²) in [7, 11) is 3.46. The van der Waals surface area contributed by atoms with Crippen molar-refractivity contribution < 1.29 is 14.0 Å².